The van der Waals surface area contributed by atoms with Gasteiger partial charge >= 0.3 is 0 Å². The third kappa shape index (κ3) is 5.63. The Kier molecular flexibility index (Phi) is 8.24. The lowest BCUT2D eigenvalue weighted by atomic mass is 9.87. The van der Waals surface area contributed by atoms with Crippen LogP contribution in [0.15, 0.2) is 52.3 Å². The number of piperazine rings is 1. The van der Waals surface area contributed by atoms with Gasteiger partial charge in [-0.15, -0.1) is 0 Å². The molecule has 3 aliphatic rings. The van der Waals surface area contributed by atoms with E-state index in [-0.39, 0.29) is 33.9 Å². The molecule has 2 aromatic rings. The molecule has 0 bridgehead atoms. The van der Waals surface area contributed by atoms with Crippen molar-refractivity contribution in [3.63, 3.8) is 0 Å². The zero-order chi connectivity index (χ0) is 28.7. The maximum atomic E-state index is 13.2. The standard InChI is InChI=1S/C29H41N3O6S2/c1-5-18-39(33,34)31-14-12-29(4,13-15-31)30-16-17-32(22(2)20-30)23(3)24-6-8-25(9-7-24)40(35,36)26-10-11-27-28(19-26)38-21-37-27/h6-11,19,22-23H,5,12-18,20-21H2,1-4H3/t22-,23?/m1/s1. The van der Waals surface area contributed by atoms with Crippen LogP contribution in [0.1, 0.15) is 58.6 Å². The largest absolute Gasteiger partial charge is 0.454 e. The van der Waals surface area contributed by atoms with Crippen LogP contribution < -0.4 is 9.47 Å². The first-order chi connectivity index (χ1) is 18.9. The highest BCUT2D eigenvalue weighted by Crippen LogP contribution is 2.37. The monoisotopic (exact) mass is 591 g/mol. The van der Waals surface area contributed by atoms with Crippen molar-refractivity contribution in [2.24, 2.45) is 0 Å². The SMILES string of the molecule is CCCS(=O)(=O)N1CCC(C)(N2CCN(C(C)c3ccc(S(=O)(=O)c4ccc5c(c4)OCO5)cc3)[C@H](C)C2)CC1. The summed E-state index contributed by atoms with van der Waals surface area (Å²) in [7, 11) is -6.83. The average molecular weight is 592 g/mol. The third-order valence-corrected chi connectivity index (χ3v) is 12.8. The normalized spacial score (nSPS) is 23.2. The van der Waals surface area contributed by atoms with Gasteiger partial charge < -0.3 is 9.47 Å². The highest BCUT2D eigenvalue weighted by atomic mass is 32.2. The van der Waals surface area contributed by atoms with Crippen LogP contribution in [-0.4, -0.2) is 87.8 Å². The lowest BCUT2D eigenvalue weighted by molar-refractivity contribution is -0.0225. The van der Waals surface area contributed by atoms with Gasteiger partial charge in [-0.3, -0.25) is 9.80 Å². The first-order valence-corrected chi connectivity index (χ1v) is 17.3. The molecule has 9 nitrogen and oxygen atoms in total. The molecule has 2 saturated heterocycles. The fourth-order valence-electron chi connectivity index (χ4n) is 6.28. The summed E-state index contributed by atoms with van der Waals surface area (Å²) in [5.41, 5.74) is 1.07. The van der Waals surface area contributed by atoms with Crippen LogP contribution in [0.5, 0.6) is 11.5 Å². The van der Waals surface area contributed by atoms with Crippen molar-refractivity contribution >= 4 is 19.9 Å². The van der Waals surface area contributed by atoms with E-state index in [4.69, 9.17) is 9.47 Å². The summed E-state index contributed by atoms with van der Waals surface area (Å²) in [6.07, 6.45) is 2.33. The van der Waals surface area contributed by atoms with Gasteiger partial charge in [-0.25, -0.2) is 21.1 Å². The van der Waals surface area contributed by atoms with E-state index in [1.54, 1.807) is 28.6 Å². The number of nitrogens with zero attached hydrogens (tertiary/aromatic N) is 3. The van der Waals surface area contributed by atoms with E-state index < -0.39 is 19.9 Å². The minimum Gasteiger partial charge on any atom is -0.454 e. The van der Waals surface area contributed by atoms with E-state index in [2.05, 4.69) is 30.6 Å². The molecular formula is C29H41N3O6S2. The van der Waals surface area contributed by atoms with Gasteiger partial charge in [-0.1, -0.05) is 19.1 Å². The summed E-state index contributed by atoms with van der Waals surface area (Å²) in [5, 5.41) is 0. The highest BCUT2D eigenvalue weighted by Gasteiger charge is 2.41. The number of rotatable bonds is 8. The smallest absolute Gasteiger partial charge is 0.231 e. The highest BCUT2D eigenvalue weighted by molar-refractivity contribution is 7.91. The average Bonchev–Trinajstić information content (AvgIpc) is 3.41. The number of sulfone groups is 1. The molecular weight excluding hydrogens is 550 g/mol. The number of benzene rings is 2. The summed E-state index contributed by atoms with van der Waals surface area (Å²) < 4.78 is 63.9. The van der Waals surface area contributed by atoms with Crippen molar-refractivity contribution in [1.82, 2.24) is 14.1 Å². The van der Waals surface area contributed by atoms with Crippen LogP contribution in [0.25, 0.3) is 0 Å². The molecule has 0 aliphatic carbocycles. The Balaban J connectivity index is 1.21. The van der Waals surface area contributed by atoms with Crippen LogP contribution in [0, 0.1) is 0 Å². The molecule has 0 saturated carbocycles. The molecule has 220 valence electrons. The van der Waals surface area contributed by atoms with Crippen molar-refractivity contribution in [1.29, 1.82) is 0 Å². The minimum absolute atomic E-state index is 0.00739. The van der Waals surface area contributed by atoms with E-state index in [9.17, 15) is 16.8 Å². The Morgan fingerprint density at radius 2 is 1.57 bits per heavy atom. The summed E-state index contributed by atoms with van der Waals surface area (Å²) in [6.45, 7) is 12.6. The lowest BCUT2D eigenvalue weighted by Gasteiger charge is -2.52. The second-order valence-electron chi connectivity index (χ2n) is 11.5. The van der Waals surface area contributed by atoms with Crippen LogP contribution in [0.2, 0.25) is 0 Å². The van der Waals surface area contributed by atoms with Gasteiger partial charge in [0.25, 0.3) is 0 Å². The van der Waals surface area contributed by atoms with E-state index in [0.717, 1.165) is 38.0 Å². The van der Waals surface area contributed by atoms with Gasteiger partial charge in [0.05, 0.1) is 15.5 Å². The predicted molar refractivity (Wildman–Crippen MR) is 154 cm³/mol. The van der Waals surface area contributed by atoms with Gasteiger partial charge in [0.1, 0.15) is 0 Å². The molecule has 0 radical (unpaired) electrons. The van der Waals surface area contributed by atoms with Crippen molar-refractivity contribution in [3.05, 3.63) is 48.0 Å². The molecule has 3 heterocycles. The van der Waals surface area contributed by atoms with Crippen molar-refractivity contribution in [2.45, 2.75) is 74.4 Å². The molecule has 2 aromatic carbocycles. The summed E-state index contributed by atoms with van der Waals surface area (Å²) in [4.78, 5) is 5.46. The number of ether oxygens (including phenoxy) is 2. The summed E-state index contributed by atoms with van der Waals surface area (Å²) >= 11 is 0. The van der Waals surface area contributed by atoms with Gasteiger partial charge in [0, 0.05) is 56.4 Å². The molecule has 5 rings (SSSR count). The molecule has 0 amide bonds. The van der Waals surface area contributed by atoms with Crippen LogP contribution in [0.4, 0.5) is 0 Å². The van der Waals surface area contributed by atoms with Gasteiger partial charge in [0.2, 0.25) is 26.7 Å². The van der Waals surface area contributed by atoms with E-state index in [0.29, 0.717) is 37.1 Å². The van der Waals surface area contributed by atoms with Crippen molar-refractivity contribution in [3.8, 4) is 11.5 Å². The Hall–Kier alpha value is -2.18. The van der Waals surface area contributed by atoms with Gasteiger partial charge in [-0.05, 0) is 69.9 Å². The number of fused-ring (bicyclic) bond motifs is 1. The zero-order valence-corrected chi connectivity index (χ0v) is 25.5. The second kappa shape index (κ2) is 11.2. The number of hydrogen-bond acceptors (Lipinski definition) is 8. The van der Waals surface area contributed by atoms with Gasteiger partial charge in [0.15, 0.2) is 11.5 Å². The molecule has 40 heavy (non-hydrogen) atoms. The van der Waals surface area contributed by atoms with Crippen LogP contribution >= 0.6 is 0 Å². The molecule has 3 aliphatic heterocycles. The Labute approximate surface area is 239 Å². The van der Waals surface area contributed by atoms with Crippen molar-refractivity contribution in [2.75, 3.05) is 45.3 Å². The molecule has 0 aromatic heterocycles. The van der Waals surface area contributed by atoms with E-state index in [1.807, 2.05) is 19.1 Å². The quantitative estimate of drug-likeness (QED) is 0.456. The maximum Gasteiger partial charge on any atom is 0.231 e. The van der Waals surface area contributed by atoms with Crippen molar-refractivity contribution < 1.29 is 26.3 Å². The molecule has 0 spiro atoms. The molecule has 1 unspecified atom stereocenters. The molecule has 2 fully saturated rings. The Morgan fingerprint density at radius 1 is 0.925 bits per heavy atom. The second-order valence-corrected chi connectivity index (χ2v) is 15.5. The first-order valence-electron chi connectivity index (χ1n) is 14.2. The fraction of sp³-hybridized carbons (Fsp3) is 0.586. The van der Waals surface area contributed by atoms with Crippen LogP contribution in [-0.2, 0) is 19.9 Å². The van der Waals surface area contributed by atoms with E-state index >= 15 is 0 Å². The maximum absolute atomic E-state index is 13.2. The van der Waals surface area contributed by atoms with Crippen LogP contribution in [0.3, 0.4) is 0 Å². The Morgan fingerprint density at radius 3 is 2.23 bits per heavy atom. The number of sulfonamides is 1. The summed E-state index contributed by atoms with van der Waals surface area (Å²) in [5.74, 6) is 1.22. The predicted octanol–water partition coefficient (Wildman–Crippen LogP) is 3.91. The summed E-state index contributed by atoms with van der Waals surface area (Å²) in [6, 6.07) is 12.3. The lowest BCUT2D eigenvalue weighted by Crippen LogP contribution is -2.62. The first kappa shape index (κ1) is 29.3. The molecule has 2 atom stereocenters. The number of piperidine rings is 1. The minimum atomic E-state index is -3.68. The number of hydrogen-bond donors (Lipinski definition) is 0. The zero-order valence-electron chi connectivity index (χ0n) is 23.9. The fourth-order valence-corrected chi connectivity index (χ4v) is 9.07. The molecule has 0 N–H and O–H groups in total. The third-order valence-electron chi connectivity index (χ3n) is 8.92. The molecule has 11 heteroatoms. The Bertz CT molecular complexity index is 1420. The van der Waals surface area contributed by atoms with Gasteiger partial charge in [-0.2, -0.15) is 0 Å². The van der Waals surface area contributed by atoms with E-state index in [1.165, 1.54) is 6.07 Å². The topological polar surface area (TPSA) is 96.5 Å².